The lowest BCUT2D eigenvalue weighted by Gasteiger charge is -2.23. The van der Waals surface area contributed by atoms with Gasteiger partial charge in [0.15, 0.2) is 0 Å². The summed E-state index contributed by atoms with van der Waals surface area (Å²) in [5.41, 5.74) is 2.82. The lowest BCUT2D eigenvalue weighted by molar-refractivity contribution is -0.141. The lowest BCUT2D eigenvalue weighted by Crippen LogP contribution is -2.32. The Kier molecular flexibility index (Phi) is 6.77. The van der Waals surface area contributed by atoms with E-state index in [1.807, 2.05) is 66.4 Å². The highest BCUT2D eigenvalue weighted by atomic mass is 16.5. The fraction of sp³-hybridized carbons (Fsp3) is 0.346. The molecule has 1 aliphatic rings. The van der Waals surface area contributed by atoms with Crippen molar-refractivity contribution in [3.05, 3.63) is 77.6 Å². The third kappa shape index (κ3) is 5.42. The van der Waals surface area contributed by atoms with Gasteiger partial charge in [-0.3, -0.25) is 14.3 Å². The number of aliphatic carboxylic acids is 1. The molecule has 3 aromatic rings. The third-order valence-electron chi connectivity index (χ3n) is 6.06. The van der Waals surface area contributed by atoms with Gasteiger partial charge in [0, 0.05) is 12.7 Å². The van der Waals surface area contributed by atoms with Gasteiger partial charge < -0.3 is 14.7 Å². The maximum atomic E-state index is 13.1. The number of likely N-dealkylation sites (tertiary alicyclic amines) is 1. The zero-order chi connectivity index (χ0) is 23.4. The van der Waals surface area contributed by atoms with Crippen molar-refractivity contribution in [1.29, 1.82) is 0 Å². The molecule has 0 aliphatic carbocycles. The molecule has 7 nitrogen and oxygen atoms in total. The van der Waals surface area contributed by atoms with Crippen LogP contribution in [0.15, 0.2) is 60.8 Å². The second-order valence-electron chi connectivity index (χ2n) is 8.64. The van der Waals surface area contributed by atoms with Gasteiger partial charge in [0.2, 0.25) is 5.91 Å². The fourth-order valence-corrected chi connectivity index (χ4v) is 4.14. The van der Waals surface area contributed by atoms with Crippen molar-refractivity contribution in [3.8, 4) is 11.5 Å². The number of carbonyl (C=O) groups excluding carboxylic acids is 1. The van der Waals surface area contributed by atoms with Crippen molar-refractivity contribution < 1.29 is 19.4 Å². The summed E-state index contributed by atoms with van der Waals surface area (Å²) in [6.45, 7) is 4.68. The van der Waals surface area contributed by atoms with Gasteiger partial charge in [0.25, 0.3) is 0 Å². The molecule has 1 aliphatic heterocycles. The summed E-state index contributed by atoms with van der Waals surface area (Å²) in [6.07, 6.45) is 3.90. The molecule has 2 heterocycles. The van der Waals surface area contributed by atoms with Crippen LogP contribution in [-0.4, -0.2) is 38.2 Å². The van der Waals surface area contributed by atoms with E-state index in [9.17, 15) is 9.59 Å². The second kappa shape index (κ2) is 9.90. The summed E-state index contributed by atoms with van der Waals surface area (Å²) in [4.78, 5) is 26.1. The molecule has 0 saturated carbocycles. The minimum atomic E-state index is -0.847. The summed E-state index contributed by atoms with van der Waals surface area (Å²) in [5.74, 6) is 0.259. The number of carboxylic acids is 1. The summed E-state index contributed by atoms with van der Waals surface area (Å²) in [5, 5.41) is 13.7. The van der Waals surface area contributed by atoms with E-state index in [0.717, 1.165) is 41.2 Å². The second-order valence-corrected chi connectivity index (χ2v) is 8.64. The minimum Gasteiger partial charge on any atom is -0.481 e. The monoisotopic (exact) mass is 447 g/mol. The Morgan fingerprint density at radius 3 is 2.64 bits per heavy atom. The number of nitrogens with zero attached hydrogens (tertiary/aromatic N) is 3. The van der Waals surface area contributed by atoms with Crippen molar-refractivity contribution >= 4 is 11.9 Å². The average Bonchev–Trinajstić information content (AvgIpc) is 3.46. The molecule has 2 aromatic carbocycles. The maximum absolute atomic E-state index is 13.1. The van der Waals surface area contributed by atoms with Crippen LogP contribution in [0, 0.1) is 12.8 Å². The van der Waals surface area contributed by atoms with E-state index in [-0.39, 0.29) is 11.9 Å². The number of amides is 1. The van der Waals surface area contributed by atoms with Crippen LogP contribution in [0.5, 0.6) is 11.5 Å². The quantitative estimate of drug-likeness (QED) is 0.545. The van der Waals surface area contributed by atoms with Crippen LogP contribution in [-0.2, 0) is 22.6 Å². The number of hydrogen-bond donors (Lipinski definition) is 1. The molecule has 0 bridgehead atoms. The highest BCUT2D eigenvalue weighted by Gasteiger charge is 2.31. The van der Waals surface area contributed by atoms with Crippen molar-refractivity contribution in [1.82, 2.24) is 14.7 Å². The highest BCUT2D eigenvalue weighted by Crippen LogP contribution is 2.32. The van der Waals surface area contributed by atoms with Crippen LogP contribution in [0.4, 0.5) is 0 Å². The molecule has 0 spiro atoms. The molecular weight excluding hydrogens is 418 g/mol. The molecule has 2 atom stereocenters. The van der Waals surface area contributed by atoms with E-state index >= 15 is 0 Å². The van der Waals surface area contributed by atoms with Crippen molar-refractivity contribution in [2.24, 2.45) is 5.92 Å². The smallest absolute Gasteiger partial charge is 0.308 e. The van der Waals surface area contributed by atoms with E-state index in [1.165, 1.54) is 0 Å². The van der Waals surface area contributed by atoms with E-state index in [4.69, 9.17) is 9.84 Å². The first-order valence-electron chi connectivity index (χ1n) is 11.3. The largest absolute Gasteiger partial charge is 0.481 e. The first-order valence-corrected chi connectivity index (χ1v) is 11.3. The van der Waals surface area contributed by atoms with Gasteiger partial charge in [-0.2, -0.15) is 5.10 Å². The first kappa shape index (κ1) is 22.6. The van der Waals surface area contributed by atoms with Gasteiger partial charge >= 0.3 is 5.97 Å². The van der Waals surface area contributed by atoms with Crippen LogP contribution in [0.1, 0.15) is 42.6 Å². The van der Waals surface area contributed by atoms with Crippen LogP contribution in [0.25, 0.3) is 0 Å². The Morgan fingerprint density at radius 2 is 1.91 bits per heavy atom. The van der Waals surface area contributed by atoms with Gasteiger partial charge in [0.1, 0.15) is 11.5 Å². The van der Waals surface area contributed by atoms with Gasteiger partial charge in [-0.05, 0) is 55.2 Å². The molecule has 1 aromatic heterocycles. The number of benzene rings is 2. The number of aromatic nitrogens is 2. The molecule has 1 saturated heterocycles. The van der Waals surface area contributed by atoms with E-state index < -0.39 is 11.9 Å². The van der Waals surface area contributed by atoms with Crippen molar-refractivity contribution in [2.45, 2.75) is 45.7 Å². The molecule has 1 amide bonds. The van der Waals surface area contributed by atoms with Crippen LogP contribution in [0.2, 0.25) is 0 Å². The Labute approximate surface area is 193 Å². The maximum Gasteiger partial charge on any atom is 0.308 e. The normalized spacial score (nSPS) is 16.5. The number of ether oxygens (including phenoxy) is 1. The Morgan fingerprint density at radius 1 is 1.15 bits per heavy atom. The molecule has 172 valence electrons. The average molecular weight is 448 g/mol. The van der Waals surface area contributed by atoms with Crippen LogP contribution in [0.3, 0.4) is 0 Å². The van der Waals surface area contributed by atoms with Crippen molar-refractivity contribution in [2.75, 3.05) is 6.54 Å². The molecular formula is C26H29N3O4. The molecule has 1 fully saturated rings. The van der Waals surface area contributed by atoms with Gasteiger partial charge in [-0.1, -0.05) is 37.3 Å². The molecule has 4 rings (SSSR count). The zero-order valence-electron chi connectivity index (χ0n) is 19.0. The standard InChI is InChI=1S/C26H29N3O4/c1-18-6-3-4-8-24(18)33-21-11-9-20(10-12-21)16-25(30)29-14-5-7-23(29)22-13-15-28(27-22)17-19(2)26(31)32/h3-4,6,8-13,15,19,23H,5,7,14,16-17H2,1-2H3,(H,31,32). The highest BCUT2D eigenvalue weighted by molar-refractivity contribution is 5.79. The summed E-state index contributed by atoms with van der Waals surface area (Å²) in [6, 6.07) is 17.3. The molecule has 7 heteroatoms. The molecule has 2 unspecified atom stereocenters. The number of para-hydroxylation sites is 1. The van der Waals surface area contributed by atoms with Gasteiger partial charge in [0.05, 0.1) is 30.6 Å². The molecule has 0 radical (unpaired) electrons. The topological polar surface area (TPSA) is 84.7 Å². The van der Waals surface area contributed by atoms with Crippen LogP contribution >= 0.6 is 0 Å². The van der Waals surface area contributed by atoms with E-state index in [0.29, 0.717) is 19.5 Å². The summed E-state index contributed by atoms with van der Waals surface area (Å²) in [7, 11) is 0. The minimum absolute atomic E-state index is 0.0671. The summed E-state index contributed by atoms with van der Waals surface area (Å²) < 4.78 is 7.60. The van der Waals surface area contributed by atoms with Gasteiger partial charge in [-0.15, -0.1) is 0 Å². The van der Waals surface area contributed by atoms with E-state index in [1.54, 1.807) is 17.8 Å². The fourth-order valence-electron chi connectivity index (χ4n) is 4.14. The third-order valence-corrected chi connectivity index (χ3v) is 6.06. The number of rotatable bonds is 8. The number of carboxylic acid groups (broad SMARTS) is 1. The number of carbonyl (C=O) groups is 2. The van der Waals surface area contributed by atoms with Crippen LogP contribution < -0.4 is 4.74 Å². The number of hydrogen-bond acceptors (Lipinski definition) is 4. The Bertz CT molecular complexity index is 1120. The molecule has 1 N–H and O–H groups in total. The molecule has 33 heavy (non-hydrogen) atoms. The lowest BCUT2D eigenvalue weighted by atomic mass is 10.1. The Hall–Kier alpha value is -3.61. The van der Waals surface area contributed by atoms with Crippen molar-refractivity contribution in [3.63, 3.8) is 0 Å². The Balaban J connectivity index is 1.38. The first-order chi connectivity index (χ1) is 15.9. The van der Waals surface area contributed by atoms with Gasteiger partial charge in [-0.25, -0.2) is 0 Å². The SMILES string of the molecule is Cc1ccccc1Oc1ccc(CC(=O)N2CCCC2c2ccn(CC(C)C(=O)O)n2)cc1. The number of aryl methyl sites for hydroxylation is 1. The summed E-state index contributed by atoms with van der Waals surface area (Å²) >= 11 is 0. The zero-order valence-corrected chi connectivity index (χ0v) is 19.0. The van der Waals surface area contributed by atoms with E-state index in [2.05, 4.69) is 5.10 Å². The predicted molar refractivity (Wildman–Crippen MR) is 124 cm³/mol. The predicted octanol–water partition coefficient (Wildman–Crippen LogP) is 4.61.